The minimum Gasteiger partial charge on any atom is -0.493 e. The van der Waals surface area contributed by atoms with E-state index in [1.807, 2.05) is 6.92 Å². The molecule has 0 aliphatic carbocycles. The minimum absolute atomic E-state index is 0.0385. The van der Waals surface area contributed by atoms with Gasteiger partial charge in [0.2, 0.25) is 0 Å². The summed E-state index contributed by atoms with van der Waals surface area (Å²) in [5.74, 6) is 2.17. The smallest absolute Gasteiger partial charge is 0.353 e. The standard InChI is InChI=1S/C29H25ClN4O8S/c1-17-5-8-20(9-6-17)43(36,37)42-34(29(35)32-28-13-18(2)41-33-28)24-10-7-19(14-22(24)30)40-25-11-12-31-23-16-27(39-4)26(38-3)15-21(23)25/h5-16H,1-4H3,(H,32,33,35). The van der Waals surface area contributed by atoms with Crippen LogP contribution in [0.15, 0.2) is 82.3 Å². The lowest BCUT2D eigenvalue weighted by atomic mass is 10.2. The first kappa shape index (κ1) is 29.6. The molecule has 5 rings (SSSR count). The molecular weight excluding hydrogens is 600 g/mol. The summed E-state index contributed by atoms with van der Waals surface area (Å²) >= 11 is 6.58. The summed E-state index contributed by atoms with van der Waals surface area (Å²) in [6.45, 7) is 3.44. The number of hydrogen-bond acceptors (Lipinski definition) is 10. The van der Waals surface area contributed by atoms with Crippen LogP contribution in [-0.2, 0) is 14.4 Å². The maximum Gasteiger partial charge on any atom is 0.353 e. The van der Waals surface area contributed by atoms with Gasteiger partial charge < -0.3 is 18.7 Å². The number of aryl methyl sites for hydroxylation is 2. The lowest BCUT2D eigenvalue weighted by Crippen LogP contribution is -2.37. The van der Waals surface area contributed by atoms with Crippen molar-refractivity contribution in [1.29, 1.82) is 0 Å². The molecule has 0 atom stereocenters. The molecule has 0 saturated carbocycles. The van der Waals surface area contributed by atoms with Gasteiger partial charge in [-0.25, -0.2) is 4.79 Å². The van der Waals surface area contributed by atoms with Crippen LogP contribution in [0, 0.1) is 13.8 Å². The van der Waals surface area contributed by atoms with E-state index in [4.69, 9.17) is 34.6 Å². The van der Waals surface area contributed by atoms with E-state index in [-0.39, 0.29) is 27.2 Å². The Balaban J connectivity index is 1.48. The summed E-state index contributed by atoms with van der Waals surface area (Å²) in [5, 5.41) is 7.25. The summed E-state index contributed by atoms with van der Waals surface area (Å²) < 4.78 is 53.5. The number of hydroxylamine groups is 1. The van der Waals surface area contributed by atoms with Crippen molar-refractivity contribution in [2.75, 3.05) is 24.6 Å². The average molecular weight is 625 g/mol. The van der Waals surface area contributed by atoms with Crippen molar-refractivity contribution in [3.63, 3.8) is 0 Å². The summed E-state index contributed by atoms with van der Waals surface area (Å²) in [4.78, 5) is 17.5. The maximum atomic E-state index is 13.3. The van der Waals surface area contributed by atoms with Crippen LogP contribution in [-0.4, -0.2) is 38.8 Å². The molecule has 12 nitrogen and oxygen atoms in total. The Kier molecular flexibility index (Phi) is 8.39. The number of carbonyl (C=O) groups excluding carboxylic acids is 1. The van der Waals surface area contributed by atoms with E-state index in [9.17, 15) is 13.2 Å². The molecular formula is C29H25ClN4O8S. The monoisotopic (exact) mass is 624 g/mol. The molecule has 222 valence electrons. The number of hydrogen-bond donors (Lipinski definition) is 1. The number of nitrogens with one attached hydrogen (secondary N) is 1. The van der Waals surface area contributed by atoms with Crippen LogP contribution in [0.3, 0.4) is 0 Å². The summed E-state index contributed by atoms with van der Waals surface area (Å²) in [6.07, 6.45) is 1.57. The van der Waals surface area contributed by atoms with Gasteiger partial charge in [-0.05, 0) is 50.2 Å². The van der Waals surface area contributed by atoms with Crippen molar-refractivity contribution >= 4 is 50.2 Å². The number of pyridine rings is 1. The van der Waals surface area contributed by atoms with Crippen molar-refractivity contribution in [1.82, 2.24) is 10.1 Å². The number of fused-ring (bicyclic) bond motifs is 1. The van der Waals surface area contributed by atoms with Crippen molar-refractivity contribution < 1.29 is 36.2 Å². The highest BCUT2D eigenvalue weighted by Gasteiger charge is 2.29. The second-order valence-corrected chi connectivity index (χ2v) is 11.1. The van der Waals surface area contributed by atoms with Gasteiger partial charge in [-0.1, -0.05) is 34.5 Å². The van der Waals surface area contributed by atoms with Crippen LogP contribution in [0.25, 0.3) is 10.9 Å². The Morgan fingerprint density at radius 2 is 1.65 bits per heavy atom. The number of aromatic nitrogens is 2. The van der Waals surface area contributed by atoms with Crippen molar-refractivity contribution in [3.8, 4) is 23.0 Å². The number of amides is 2. The second kappa shape index (κ2) is 12.2. The fourth-order valence-corrected chi connectivity index (χ4v) is 5.14. The normalized spacial score (nSPS) is 11.3. The highest BCUT2D eigenvalue weighted by atomic mass is 35.5. The number of methoxy groups -OCH3 is 2. The predicted octanol–water partition coefficient (Wildman–Crippen LogP) is 6.66. The van der Waals surface area contributed by atoms with Gasteiger partial charge in [0.15, 0.2) is 17.3 Å². The van der Waals surface area contributed by atoms with Gasteiger partial charge in [-0.15, -0.1) is 4.28 Å². The van der Waals surface area contributed by atoms with Gasteiger partial charge in [0.05, 0.1) is 35.3 Å². The number of ether oxygens (including phenoxy) is 3. The van der Waals surface area contributed by atoms with E-state index in [1.54, 1.807) is 43.5 Å². The quantitative estimate of drug-likeness (QED) is 0.177. The molecule has 0 aliphatic heterocycles. The van der Waals surface area contributed by atoms with Crippen LogP contribution in [0.4, 0.5) is 16.3 Å². The van der Waals surface area contributed by atoms with Gasteiger partial charge in [-0.2, -0.15) is 13.5 Å². The summed E-state index contributed by atoms with van der Waals surface area (Å²) in [5.41, 5.74) is 1.35. The molecule has 0 spiro atoms. The topological polar surface area (TPSA) is 142 Å². The van der Waals surface area contributed by atoms with E-state index in [1.165, 1.54) is 50.6 Å². The first-order chi connectivity index (χ1) is 20.6. The molecule has 0 aliphatic rings. The zero-order valence-electron chi connectivity index (χ0n) is 23.3. The van der Waals surface area contributed by atoms with Crippen molar-refractivity contribution in [3.05, 3.63) is 89.3 Å². The molecule has 5 aromatic rings. The highest BCUT2D eigenvalue weighted by molar-refractivity contribution is 7.86. The first-order valence-corrected chi connectivity index (χ1v) is 14.4. The van der Waals surface area contributed by atoms with Crippen LogP contribution in [0.5, 0.6) is 23.0 Å². The molecule has 0 radical (unpaired) electrons. The third-order valence-electron chi connectivity index (χ3n) is 6.10. The molecule has 0 unspecified atom stereocenters. The lowest BCUT2D eigenvalue weighted by molar-refractivity contribution is 0.226. The number of halogens is 1. The number of nitrogens with zero attached hydrogens (tertiary/aromatic N) is 3. The number of carbonyl (C=O) groups is 1. The van der Waals surface area contributed by atoms with Gasteiger partial charge in [-0.3, -0.25) is 10.3 Å². The largest absolute Gasteiger partial charge is 0.493 e. The van der Waals surface area contributed by atoms with Gasteiger partial charge in [0.25, 0.3) is 0 Å². The minimum atomic E-state index is -4.47. The molecule has 0 fully saturated rings. The Morgan fingerprint density at radius 1 is 0.930 bits per heavy atom. The molecule has 2 amide bonds. The van der Waals surface area contributed by atoms with E-state index in [0.29, 0.717) is 39.0 Å². The third-order valence-corrected chi connectivity index (χ3v) is 7.60. The molecule has 2 aromatic heterocycles. The first-order valence-electron chi connectivity index (χ1n) is 12.6. The summed E-state index contributed by atoms with van der Waals surface area (Å²) in [6, 6.07) is 15.8. The van der Waals surface area contributed by atoms with Crippen LogP contribution in [0.1, 0.15) is 11.3 Å². The predicted molar refractivity (Wildman–Crippen MR) is 159 cm³/mol. The van der Waals surface area contributed by atoms with E-state index in [2.05, 4.69) is 15.5 Å². The Bertz CT molecular complexity index is 1910. The van der Waals surface area contributed by atoms with Gasteiger partial charge in [0.1, 0.15) is 17.3 Å². The molecule has 3 aromatic carbocycles. The fourth-order valence-electron chi connectivity index (χ4n) is 3.99. The maximum absolute atomic E-state index is 13.3. The molecule has 43 heavy (non-hydrogen) atoms. The second-order valence-electron chi connectivity index (χ2n) is 9.14. The Morgan fingerprint density at radius 3 is 2.30 bits per heavy atom. The molecule has 14 heteroatoms. The fraction of sp³-hybridized carbons (Fsp3) is 0.138. The van der Waals surface area contributed by atoms with E-state index >= 15 is 0 Å². The molecule has 1 N–H and O–H groups in total. The lowest BCUT2D eigenvalue weighted by Gasteiger charge is -2.22. The number of urea groups is 1. The van der Waals surface area contributed by atoms with Gasteiger partial charge in [0, 0.05) is 29.8 Å². The van der Waals surface area contributed by atoms with Crippen molar-refractivity contribution in [2.24, 2.45) is 0 Å². The third kappa shape index (κ3) is 6.48. The van der Waals surface area contributed by atoms with Gasteiger partial charge >= 0.3 is 16.1 Å². The highest BCUT2D eigenvalue weighted by Crippen LogP contribution is 2.39. The van der Waals surface area contributed by atoms with Crippen LogP contribution >= 0.6 is 11.6 Å². The van der Waals surface area contributed by atoms with E-state index < -0.39 is 16.1 Å². The zero-order valence-corrected chi connectivity index (χ0v) is 24.9. The molecule has 0 saturated heterocycles. The molecule has 0 bridgehead atoms. The summed E-state index contributed by atoms with van der Waals surface area (Å²) in [7, 11) is -1.42. The van der Waals surface area contributed by atoms with Crippen LogP contribution < -0.4 is 24.6 Å². The Labute approximate surface area is 251 Å². The number of anilines is 2. The molecule has 2 heterocycles. The Hall–Kier alpha value is -4.85. The SMILES string of the molecule is COc1cc2nccc(Oc3ccc(N(OS(=O)(=O)c4ccc(C)cc4)C(=O)Nc4cc(C)on4)c(Cl)c3)c2cc1OC. The number of benzene rings is 3. The number of rotatable bonds is 9. The van der Waals surface area contributed by atoms with Crippen LogP contribution in [0.2, 0.25) is 5.02 Å². The zero-order chi connectivity index (χ0) is 30.7. The van der Waals surface area contributed by atoms with Crippen molar-refractivity contribution in [2.45, 2.75) is 18.7 Å². The average Bonchev–Trinajstić information content (AvgIpc) is 3.40. The van der Waals surface area contributed by atoms with E-state index in [0.717, 1.165) is 5.56 Å².